The van der Waals surface area contributed by atoms with Gasteiger partial charge in [0.25, 0.3) is 0 Å². The molecule has 2 aliphatic carbocycles. The van der Waals surface area contributed by atoms with Crippen LogP contribution in [0.1, 0.15) is 41.5 Å². The molecule has 0 saturated carbocycles. The quantitative estimate of drug-likeness (QED) is 0.238. The van der Waals surface area contributed by atoms with Gasteiger partial charge in [-0.15, -0.1) is 0 Å². The molecular formula is C28H37NO8Si. The van der Waals surface area contributed by atoms with Crippen LogP contribution in [0.15, 0.2) is 46.9 Å². The number of allylic oxidation sites excluding steroid dienone is 2. The summed E-state index contributed by atoms with van der Waals surface area (Å²) in [6, 6.07) is 2.28. The summed E-state index contributed by atoms with van der Waals surface area (Å²) in [6.07, 6.45) is 2.51. The molecular weight excluding hydrogens is 506 g/mol. The first-order valence-electron chi connectivity index (χ1n) is 12.5. The highest BCUT2D eigenvalue weighted by Gasteiger charge is 2.48. The van der Waals surface area contributed by atoms with Gasteiger partial charge in [0.1, 0.15) is 11.7 Å². The highest BCUT2D eigenvalue weighted by Crippen LogP contribution is 2.43. The number of nitrogens with one attached hydrogen (secondary N) is 1. The second-order valence-electron chi connectivity index (χ2n) is 9.66. The summed E-state index contributed by atoms with van der Waals surface area (Å²) < 4.78 is 22.7. The molecule has 38 heavy (non-hydrogen) atoms. The minimum absolute atomic E-state index is 0.0498. The highest BCUT2D eigenvalue weighted by atomic mass is 28.4. The summed E-state index contributed by atoms with van der Waals surface area (Å²) in [5.41, 5.74) is -2.18. The van der Waals surface area contributed by atoms with Gasteiger partial charge in [0.05, 0.1) is 19.4 Å². The molecule has 0 unspecified atom stereocenters. The molecule has 2 aliphatic rings. The third kappa shape index (κ3) is 7.39. The van der Waals surface area contributed by atoms with Crippen molar-refractivity contribution in [3.63, 3.8) is 0 Å². The van der Waals surface area contributed by atoms with Crippen molar-refractivity contribution in [1.82, 2.24) is 5.32 Å². The smallest absolute Gasteiger partial charge is 0.453 e. The van der Waals surface area contributed by atoms with Crippen molar-refractivity contribution in [3.8, 4) is 23.7 Å². The monoisotopic (exact) mass is 543 g/mol. The van der Waals surface area contributed by atoms with E-state index in [1.165, 1.54) is 31.4 Å². The molecule has 0 radical (unpaired) electrons. The lowest BCUT2D eigenvalue weighted by molar-refractivity contribution is 0.00607. The first kappa shape index (κ1) is 30.9. The number of aliphatic hydroxyl groups is 2. The summed E-state index contributed by atoms with van der Waals surface area (Å²) in [7, 11) is -1.27. The summed E-state index contributed by atoms with van der Waals surface area (Å²) >= 11 is 0. The van der Waals surface area contributed by atoms with Crippen molar-refractivity contribution in [2.75, 3.05) is 13.7 Å². The van der Waals surface area contributed by atoms with Gasteiger partial charge in [-0.2, -0.15) is 0 Å². The Morgan fingerprint density at radius 2 is 1.79 bits per heavy atom. The Hall–Kier alpha value is -3.28. The second kappa shape index (κ2) is 13.0. The Labute approximate surface area is 225 Å². The maximum atomic E-state index is 12.8. The van der Waals surface area contributed by atoms with Crippen molar-refractivity contribution >= 4 is 20.6 Å². The average Bonchev–Trinajstić information content (AvgIpc) is 2.85. The van der Waals surface area contributed by atoms with Crippen LogP contribution in [-0.4, -0.2) is 61.8 Å². The van der Waals surface area contributed by atoms with Crippen LogP contribution < -0.4 is 5.32 Å². The number of fused-ring (bicyclic) bond motifs is 2. The minimum atomic E-state index is -2.44. The lowest BCUT2D eigenvalue weighted by Crippen LogP contribution is -2.50. The molecule has 0 aliphatic heterocycles. The molecule has 2 bridgehead atoms. The second-order valence-corrected chi connectivity index (χ2v) is 14.3. The Bertz CT molecular complexity index is 1160. The largest absolute Gasteiger partial charge is 0.514 e. The van der Waals surface area contributed by atoms with Crippen LogP contribution >= 0.6 is 0 Å². The molecule has 206 valence electrons. The van der Waals surface area contributed by atoms with Gasteiger partial charge in [-0.05, 0) is 51.1 Å². The number of aliphatic hydroxyl groups excluding tert-OH is 2. The van der Waals surface area contributed by atoms with E-state index in [0.29, 0.717) is 0 Å². The number of ether oxygens (including phenoxy) is 3. The fourth-order valence-corrected chi connectivity index (χ4v) is 6.95. The van der Waals surface area contributed by atoms with Gasteiger partial charge in [-0.3, -0.25) is 5.32 Å². The Balaban J connectivity index is 2.98. The molecule has 2 rings (SSSR count). The third-order valence-electron chi connectivity index (χ3n) is 6.14. The van der Waals surface area contributed by atoms with E-state index in [9.17, 15) is 19.8 Å². The number of alkyl carbamates (subject to hydrolysis) is 1. The van der Waals surface area contributed by atoms with E-state index in [4.69, 9.17) is 18.6 Å². The fraction of sp³-hybridized carbons (Fsp3) is 0.500. The molecule has 0 aromatic carbocycles. The Kier molecular flexibility index (Phi) is 10.6. The predicted octanol–water partition coefficient (Wildman–Crippen LogP) is 4.06. The normalized spacial score (nSPS) is 22.7. The zero-order chi connectivity index (χ0) is 28.6. The zero-order valence-corrected chi connectivity index (χ0v) is 24.1. The summed E-state index contributed by atoms with van der Waals surface area (Å²) in [5, 5.41) is 23.8. The number of amides is 1. The van der Waals surface area contributed by atoms with E-state index in [1.807, 2.05) is 20.8 Å². The minimum Gasteiger partial charge on any atom is -0.453 e. The van der Waals surface area contributed by atoms with Crippen molar-refractivity contribution in [3.05, 3.63) is 46.9 Å². The van der Waals surface area contributed by atoms with Gasteiger partial charge < -0.3 is 28.8 Å². The van der Waals surface area contributed by atoms with E-state index in [1.54, 1.807) is 20.8 Å². The van der Waals surface area contributed by atoms with Gasteiger partial charge in [-0.25, -0.2) is 9.59 Å². The molecule has 0 saturated heterocycles. The van der Waals surface area contributed by atoms with Gasteiger partial charge in [0, 0.05) is 17.2 Å². The molecule has 9 nitrogen and oxygen atoms in total. The maximum Gasteiger partial charge on any atom is 0.514 e. The van der Waals surface area contributed by atoms with Crippen molar-refractivity contribution in [2.45, 2.75) is 77.0 Å². The first-order chi connectivity index (χ1) is 17.9. The summed E-state index contributed by atoms with van der Waals surface area (Å²) in [4.78, 5) is 25.2. The topological polar surface area (TPSA) is 124 Å². The van der Waals surface area contributed by atoms with Crippen LogP contribution in [0, 0.1) is 23.7 Å². The van der Waals surface area contributed by atoms with Crippen LogP contribution in [0.4, 0.5) is 9.59 Å². The standard InChI is InChI=1S/C28H37NO8Si/c1-8-38(9-2,10-3)37-28-17-14-12-11-13-15-21(31)23(20(28)16-18-30)24(29-25(32)34-7)22(19-28)35-26(33)36-27(4,5)6/h11-12,16,19,21,30-31H,8-10,18H2,1-7H3,(H,29,32)/b12-11-,20-16+/t21-,28-/m0/s1. The van der Waals surface area contributed by atoms with Crippen LogP contribution in [0.3, 0.4) is 0 Å². The number of hydrogen-bond donors (Lipinski definition) is 3. The third-order valence-corrected chi connectivity index (χ3v) is 10.8. The molecule has 0 spiro atoms. The molecule has 2 atom stereocenters. The average molecular weight is 544 g/mol. The van der Waals surface area contributed by atoms with E-state index < -0.39 is 44.5 Å². The van der Waals surface area contributed by atoms with E-state index >= 15 is 0 Å². The highest BCUT2D eigenvalue weighted by molar-refractivity contribution is 6.73. The fourth-order valence-electron chi connectivity index (χ4n) is 4.11. The molecule has 0 heterocycles. The number of carbonyl (C=O) groups is 2. The van der Waals surface area contributed by atoms with E-state index in [-0.39, 0.29) is 22.6 Å². The number of hydrogen-bond acceptors (Lipinski definition) is 8. The van der Waals surface area contributed by atoms with Crippen LogP contribution in [0.2, 0.25) is 18.1 Å². The first-order valence-corrected chi connectivity index (χ1v) is 15.0. The van der Waals surface area contributed by atoms with Crippen molar-refractivity contribution < 1.29 is 38.4 Å². The number of carbonyl (C=O) groups excluding carboxylic acids is 2. The molecule has 0 aromatic rings. The van der Waals surface area contributed by atoms with Crippen molar-refractivity contribution in [1.29, 1.82) is 0 Å². The van der Waals surface area contributed by atoms with E-state index in [0.717, 1.165) is 18.1 Å². The number of methoxy groups -OCH3 is 1. The van der Waals surface area contributed by atoms with Gasteiger partial charge in [-0.1, -0.05) is 50.5 Å². The van der Waals surface area contributed by atoms with Gasteiger partial charge >= 0.3 is 12.2 Å². The molecule has 1 amide bonds. The SMILES string of the molecule is CC[Si](CC)(CC)O[C@@]12C#C/C=C\C#C[C@H](O)C(=C(NC(=O)OC)C(OC(=O)OC(C)(C)C)=C1)/C2=C\CO. The predicted molar refractivity (Wildman–Crippen MR) is 145 cm³/mol. The zero-order valence-electron chi connectivity index (χ0n) is 23.1. The van der Waals surface area contributed by atoms with Gasteiger partial charge in [0.15, 0.2) is 19.7 Å². The molecule has 10 heteroatoms. The lowest BCUT2D eigenvalue weighted by atomic mass is 9.79. The summed E-state index contributed by atoms with van der Waals surface area (Å²) in [6.45, 7) is 10.8. The molecule has 3 N–H and O–H groups in total. The van der Waals surface area contributed by atoms with Gasteiger partial charge in [0.2, 0.25) is 0 Å². The van der Waals surface area contributed by atoms with Crippen LogP contribution in [0.25, 0.3) is 0 Å². The molecule has 0 aromatic heterocycles. The Morgan fingerprint density at radius 1 is 1.16 bits per heavy atom. The van der Waals surface area contributed by atoms with E-state index in [2.05, 4.69) is 29.0 Å². The van der Waals surface area contributed by atoms with Crippen LogP contribution in [-0.2, 0) is 18.6 Å². The summed E-state index contributed by atoms with van der Waals surface area (Å²) in [5.74, 6) is 11.3. The molecule has 0 fully saturated rings. The maximum absolute atomic E-state index is 12.8. The Morgan fingerprint density at radius 3 is 2.34 bits per heavy atom. The number of rotatable bonds is 8. The lowest BCUT2D eigenvalue weighted by Gasteiger charge is -2.43. The van der Waals surface area contributed by atoms with Crippen molar-refractivity contribution in [2.24, 2.45) is 0 Å². The van der Waals surface area contributed by atoms with Crippen LogP contribution in [0.5, 0.6) is 0 Å².